The van der Waals surface area contributed by atoms with Crippen LogP contribution in [0.1, 0.15) is 44.6 Å². The molecule has 0 aliphatic carbocycles. The first kappa shape index (κ1) is 23.1. The molecule has 0 amide bonds. The Bertz CT molecular complexity index is 735. The molecule has 5 nitrogen and oxygen atoms in total. The van der Waals surface area contributed by atoms with E-state index in [9.17, 15) is 0 Å². The molecular weight excluding hydrogens is 483 g/mol. The van der Waals surface area contributed by atoms with Crippen LogP contribution in [0.2, 0.25) is 0 Å². The van der Waals surface area contributed by atoms with E-state index in [1.54, 1.807) is 0 Å². The van der Waals surface area contributed by atoms with Crippen molar-refractivity contribution in [1.82, 2.24) is 15.4 Å². The summed E-state index contributed by atoms with van der Waals surface area (Å²) < 4.78 is 5.42. The van der Waals surface area contributed by atoms with Crippen LogP contribution in [0.25, 0.3) is 0 Å². The van der Waals surface area contributed by atoms with Gasteiger partial charge in [0.05, 0.1) is 5.69 Å². The molecule has 0 spiro atoms. The molecule has 2 heterocycles. The van der Waals surface area contributed by atoms with Gasteiger partial charge in [-0.1, -0.05) is 37.2 Å². The fourth-order valence-electron chi connectivity index (χ4n) is 3.15. The van der Waals surface area contributed by atoms with Crippen molar-refractivity contribution in [3.63, 3.8) is 0 Å². The molecular formula is C21H31IN4OS. The van der Waals surface area contributed by atoms with Crippen LogP contribution in [0, 0.1) is 5.92 Å². The van der Waals surface area contributed by atoms with E-state index in [2.05, 4.69) is 66.5 Å². The van der Waals surface area contributed by atoms with Gasteiger partial charge in [0, 0.05) is 36.3 Å². The lowest BCUT2D eigenvalue weighted by Crippen LogP contribution is -2.40. The third-order valence-corrected chi connectivity index (χ3v) is 5.95. The summed E-state index contributed by atoms with van der Waals surface area (Å²) in [5.74, 6) is 4.02. The lowest BCUT2D eigenvalue weighted by atomic mass is 10.1. The summed E-state index contributed by atoms with van der Waals surface area (Å²) in [5.41, 5.74) is 0.990. The van der Waals surface area contributed by atoms with Gasteiger partial charge in [-0.3, -0.25) is 0 Å². The van der Waals surface area contributed by atoms with Crippen molar-refractivity contribution in [1.29, 1.82) is 0 Å². The number of thioether (sulfide) groups is 1. The topological polar surface area (TPSA) is 53.7 Å². The predicted molar refractivity (Wildman–Crippen MR) is 128 cm³/mol. The van der Waals surface area contributed by atoms with Crippen molar-refractivity contribution in [2.75, 3.05) is 25.4 Å². The molecule has 28 heavy (non-hydrogen) atoms. The van der Waals surface area contributed by atoms with Gasteiger partial charge in [0.15, 0.2) is 11.7 Å². The Morgan fingerprint density at radius 2 is 2.14 bits per heavy atom. The summed E-state index contributed by atoms with van der Waals surface area (Å²) in [6.45, 7) is 9.85. The molecule has 1 aliphatic heterocycles. The van der Waals surface area contributed by atoms with Gasteiger partial charge in [0.1, 0.15) is 6.54 Å². The molecule has 3 rings (SSSR count). The summed E-state index contributed by atoms with van der Waals surface area (Å²) in [5, 5.41) is 7.55. The number of hydrogen-bond acceptors (Lipinski definition) is 4. The number of benzene rings is 1. The normalized spacial score (nSPS) is 17.1. The highest BCUT2D eigenvalue weighted by molar-refractivity contribution is 14.0. The minimum atomic E-state index is 0. The number of hydrogen-bond donors (Lipinski definition) is 1. The lowest BCUT2D eigenvalue weighted by Gasteiger charge is -2.21. The molecule has 1 atom stereocenters. The second-order valence-electron chi connectivity index (χ2n) is 7.27. The Morgan fingerprint density at radius 1 is 1.36 bits per heavy atom. The number of likely N-dealkylation sites (tertiary alicyclic amines) is 1. The second-order valence-corrected chi connectivity index (χ2v) is 8.36. The maximum Gasteiger partial charge on any atom is 0.194 e. The highest BCUT2D eigenvalue weighted by Gasteiger charge is 2.25. The summed E-state index contributed by atoms with van der Waals surface area (Å²) in [7, 11) is 0. The number of nitrogens with zero attached hydrogens (tertiary/aromatic N) is 3. The summed E-state index contributed by atoms with van der Waals surface area (Å²) >= 11 is 1.95. The standard InChI is InChI=1S/C21H30N4OS.HI/c1-4-22-21(23-13-18-12-20(16(2)3)24-26-18)25-11-10-17(14-25)15-27-19-8-6-5-7-9-19;/h5-9,12,16-17H,4,10-11,13-15H2,1-3H3,(H,22,23);1H. The van der Waals surface area contributed by atoms with Crippen LogP contribution >= 0.6 is 35.7 Å². The highest BCUT2D eigenvalue weighted by Crippen LogP contribution is 2.26. The van der Waals surface area contributed by atoms with Crippen molar-refractivity contribution in [3.8, 4) is 0 Å². The maximum absolute atomic E-state index is 5.42. The molecule has 0 radical (unpaired) electrons. The molecule has 1 unspecified atom stereocenters. The number of nitrogens with one attached hydrogen (secondary N) is 1. The molecule has 154 valence electrons. The summed E-state index contributed by atoms with van der Waals surface area (Å²) in [4.78, 5) is 8.51. The Morgan fingerprint density at radius 3 is 2.82 bits per heavy atom. The average Bonchev–Trinajstić information content (AvgIpc) is 3.34. The molecule has 0 saturated carbocycles. The number of halogens is 1. The van der Waals surface area contributed by atoms with Gasteiger partial charge < -0.3 is 14.7 Å². The molecule has 2 aromatic rings. The molecule has 1 aliphatic rings. The number of aliphatic imine (C=N–C) groups is 1. The zero-order valence-corrected chi connectivity index (χ0v) is 20.1. The zero-order valence-electron chi connectivity index (χ0n) is 16.9. The van der Waals surface area contributed by atoms with Gasteiger partial charge in [-0.15, -0.1) is 35.7 Å². The fourth-order valence-corrected chi connectivity index (χ4v) is 4.20. The van der Waals surface area contributed by atoms with E-state index in [0.717, 1.165) is 42.8 Å². The fraction of sp³-hybridized carbons (Fsp3) is 0.524. The van der Waals surface area contributed by atoms with Crippen LogP contribution in [0.5, 0.6) is 0 Å². The average molecular weight is 514 g/mol. The van der Waals surface area contributed by atoms with Crippen LogP contribution in [0.3, 0.4) is 0 Å². The van der Waals surface area contributed by atoms with Crippen LogP contribution in [-0.4, -0.2) is 41.4 Å². The van der Waals surface area contributed by atoms with Crippen molar-refractivity contribution >= 4 is 41.7 Å². The van der Waals surface area contributed by atoms with Crippen molar-refractivity contribution in [2.45, 2.75) is 44.6 Å². The Balaban J connectivity index is 0.00000280. The third-order valence-electron chi connectivity index (χ3n) is 4.70. The van der Waals surface area contributed by atoms with E-state index in [-0.39, 0.29) is 24.0 Å². The minimum Gasteiger partial charge on any atom is -0.359 e. The van der Waals surface area contributed by atoms with Gasteiger partial charge in [-0.05, 0) is 37.3 Å². The van der Waals surface area contributed by atoms with Crippen LogP contribution < -0.4 is 5.32 Å². The predicted octanol–water partition coefficient (Wildman–Crippen LogP) is 5.00. The minimum absolute atomic E-state index is 0. The zero-order chi connectivity index (χ0) is 19.1. The first-order valence-corrected chi connectivity index (χ1v) is 10.8. The SMILES string of the molecule is CCNC(=NCc1cc(C(C)C)no1)N1CCC(CSc2ccccc2)C1.I. The molecule has 0 bridgehead atoms. The molecule has 1 saturated heterocycles. The van der Waals surface area contributed by atoms with Crippen molar-refractivity contribution < 1.29 is 4.52 Å². The number of aromatic nitrogens is 1. The van der Waals surface area contributed by atoms with Gasteiger partial charge in [-0.25, -0.2) is 4.99 Å². The quantitative estimate of drug-likeness (QED) is 0.244. The highest BCUT2D eigenvalue weighted by atomic mass is 127. The second kappa shape index (κ2) is 11.7. The van der Waals surface area contributed by atoms with Crippen molar-refractivity contribution in [3.05, 3.63) is 47.9 Å². The summed E-state index contributed by atoms with van der Waals surface area (Å²) in [6.07, 6.45) is 1.21. The molecule has 1 aromatic carbocycles. The molecule has 1 aromatic heterocycles. The largest absolute Gasteiger partial charge is 0.359 e. The first-order chi connectivity index (χ1) is 13.2. The van der Waals surface area contributed by atoms with Gasteiger partial charge >= 0.3 is 0 Å². The van der Waals surface area contributed by atoms with Crippen molar-refractivity contribution in [2.24, 2.45) is 10.9 Å². The van der Waals surface area contributed by atoms with E-state index in [1.807, 2.05) is 17.8 Å². The Hall–Kier alpha value is -1.22. The molecule has 1 fully saturated rings. The third kappa shape index (κ3) is 6.69. The molecule has 1 N–H and O–H groups in total. The van der Waals surface area contributed by atoms with E-state index < -0.39 is 0 Å². The molecule has 7 heteroatoms. The smallest absolute Gasteiger partial charge is 0.194 e. The number of guanidine groups is 1. The van der Waals surface area contributed by atoms with Crippen LogP contribution in [0.4, 0.5) is 0 Å². The van der Waals surface area contributed by atoms with E-state index in [0.29, 0.717) is 18.4 Å². The lowest BCUT2D eigenvalue weighted by molar-refractivity contribution is 0.375. The monoisotopic (exact) mass is 514 g/mol. The summed E-state index contributed by atoms with van der Waals surface area (Å²) in [6, 6.07) is 12.7. The number of rotatable bonds is 7. The van der Waals surface area contributed by atoms with Crippen LogP contribution in [0.15, 0.2) is 50.8 Å². The van der Waals surface area contributed by atoms with E-state index in [4.69, 9.17) is 9.52 Å². The van der Waals surface area contributed by atoms with Crippen LogP contribution in [-0.2, 0) is 6.54 Å². The maximum atomic E-state index is 5.42. The van der Waals surface area contributed by atoms with Gasteiger partial charge in [0.25, 0.3) is 0 Å². The Labute approximate surface area is 189 Å². The van der Waals surface area contributed by atoms with E-state index >= 15 is 0 Å². The van der Waals surface area contributed by atoms with E-state index in [1.165, 1.54) is 11.3 Å². The van der Waals surface area contributed by atoms with Gasteiger partial charge in [-0.2, -0.15) is 0 Å². The van der Waals surface area contributed by atoms with Gasteiger partial charge in [0.2, 0.25) is 0 Å². The first-order valence-electron chi connectivity index (χ1n) is 9.82. The Kier molecular flexibility index (Phi) is 9.64.